The molecule has 1 aliphatic rings. The van der Waals surface area contributed by atoms with Gasteiger partial charge in [0.25, 0.3) is 0 Å². The summed E-state index contributed by atoms with van der Waals surface area (Å²) in [5.41, 5.74) is 10.2. The van der Waals surface area contributed by atoms with Gasteiger partial charge in [-0.3, -0.25) is 14.8 Å². The van der Waals surface area contributed by atoms with Crippen LogP contribution in [-0.4, -0.2) is 20.9 Å². The third-order valence-electron chi connectivity index (χ3n) is 12.9. The Balaban J connectivity index is 0.000000353. The van der Waals surface area contributed by atoms with E-state index in [0.717, 1.165) is 59.8 Å². The first-order valence-corrected chi connectivity index (χ1v) is 22.0. The summed E-state index contributed by atoms with van der Waals surface area (Å²) in [6, 6.07) is 17.4. The van der Waals surface area contributed by atoms with E-state index in [2.05, 4.69) is 116 Å². The number of thiophene rings is 1. The minimum absolute atomic E-state index is 0. The van der Waals surface area contributed by atoms with Crippen molar-refractivity contribution in [2.45, 2.75) is 147 Å². The summed E-state index contributed by atoms with van der Waals surface area (Å²) >= 11 is 1.96. The topological polar surface area (TPSA) is 63.1 Å². The van der Waals surface area contributed by atoms with E-state index in [1.54, 1.807) is 0 Å². The Morgan fingerprint density at radius 2 is 1.55 bits per heavy atom. The maximum atomic E-state index is 12.2. The molecular formula is C52H67IrN2O2S-. The van der Waals surface area contributed by atoms with Gasteiger partial charge in [-0.1, -0.05) is 131 Å². The number of ketones is 1. The first-order chi connectivity index (χ1) is 26.6. The van der Waals surface area contributed by atoms with Crippen LogP contribution in [0, 0.1) is 29.7 Å². The van der Waals surface area contributed by atoms with Crippen molar-refractivity contribution < 1.29 is 30.0 Å². The molecule has 1 radical (unpaired) electrons. The van der Waals surface area contributed by atoms with E-state index in [9.17, 15) is 9.90 Å². The van der Waals surface area contributed by atoms with Crippen molar-refractivity contribution in [3.63, 3.8) is 0 Å². The first-order valence-electron chi connectivity index (χ1n) is 21.2. The van der Waals surface area contributed by atoms with E-state index in [0.29, 0.717) is 5.92 Å². The number of aromatic nitrogens is 2. The van der Waals surface area contributed by atoms with Crippen LogP contribution in [0.25, 0.3) is 48.8 Å². The van der Waals surface area contributed by atoms with Gasteiger partial charge < -0.3 is 5.11 Å². The number of carbonyl (C=O) groups excluding carboxylic acids is 1. The van der Waals surface area contributed by atoms with Crippen LogP contribution in [0.3, 0.4) is 0 Å². The number of allylic oxidation sites excluding steroid dienone is 4. The SMILES string of the molecule is CC1=CC(C)(C)c2nc(-c3[c-]c4ccncc4c(C(C)(C)C)c3)cc(-c3ccc4c(C)c(CC(C)C)sc4c3)c21.CCC(C)(CC)C(=O)/C=C(\O)C(C)(CC)CC.[Ir]. The zero-order chi connectivity index (χ0) is 42.2. The summed E-state index contributed by atoms with van der Waals surface area (Å²) < 4.78 is 1.37. The summed E-state index contributed by atoms with van der Waals surface area (Å²) in [6.45, 7) is 32.6. The molecule has 6 heteroatoms. The molecule has 0 spiro atoms. The molecule has 0 amide bonds. The molecule has 0 aliphatic heterocycles. The molecule has 0 saturated heterocycles. The van der Waals surface area contributed by atoms with Gasteiger partial charge in [0.2, 0.25) is 0 Å². The van der Waals surface area contributed by atoms with E-state index in [1.165, 1.54) is 54.4 Å². The number of nitrogens with zero attached hydrogens (tertiary/aromatic N) is 2. The number of aliphatic hydroxyl groups excluding tert-OH is 1. The molecule has 4 nitrogen and oxygen atoms in total. The second kappa shape index (κ2) is 18.0. The molecule has 3 aromatic heterocycles. The number of hydrogen-bond donors (Lipinski definition) is 1. The van der Waals surface area contributed by atoms with Crippen LogP contribution >= 0.6 is 11.3 Å². The standard InChI is InChI=1S/C37H39N2S.C15H28O2.Ir/c1-21(2)14-32-23(4)27-11-10-24(17-33(27)40-32)28-18-31(39-35-34(28)22(3)19-37(35,8)9)26-15-25-12-13-38-20-29(25)30(16-26)36(5,6)7;1-7-14(5,8-2)12(16)11-13(17)15(6,9-3)10-4;/h10-13,16-21H,14H2,1-9H3;11,16H,7-10H2,1-6H3;/q-1;;/b;12-11-;. The van der Waals surface area contributed by atoms with Crippen molar-refractivity contribution in [2.24, 2.45) is 16.7 Å². The summed E-state index contributed by atoms with van der Waals surface area (Å²) in [7, 11) is 0. The Kier molecular flexibility index (Phi) is 14.7. The second-order valence-corrected chi connectivity index (χ2v) is 20.1. The Bertz CT molecular complexity index is 2340. The molecule has 6 rings (SSSR count). The van der Waals surface area contributed by atoms with Crippen LogP contribution in [0.15, 0.2) is 66.7 Å². The largest absolute Gasteiger partial charge is 0.512 e. The number of aliphatic hydroxyl groups is 1. The normalized spacial score (nSPS) is 14.3. The predicted molar refractivity (Wildman–Crippen MR) is 246 cm³/mol. The van der Waals surface area contributed by atoms with Crippen LogP contribution in [0.4, 0.5) is 0 Å². The Morgan fingerprint density at radius 3 is 2.14 bits per heavy atom. The zero-order valence-electron chi connectivity index (χ0n) is 37.9. The molecular weight excluding hydrogens is 909 g/mol. The van der Waals surface area contributed by atoms with E-state index in [-0.39, 0.29) is 53.3 Å². The van der Waals surface area contributed by atoms with Gasteiger partial charge in [-0.2, -0.15) is 0 Å². The van der Waals surface area contributed by atoms with Gasteiger partial charge in [0, 0.05) is 75.2 Å². The molecule has 0 saturated carbocycles. The quantitative estimate of drug-likeness (QED) is 0.0814. The molecule has 3 heterocycles. The van der Waals surface area contributed by atoms with E-state index in [1.807, 2.05) is 65.3 Å². The molecule has 0 unspecified atom stereocenters. The van der Waals surface area contributed by atoms with E-state index in [4.69, 9.17) is 4.98 Å². The number of carbonyl (C=O) groups is 1. The van der Waals surface area contributed by atoms with Crippen molar-refractivity contribution in [3.8, 4) is 22.4 Å². The van der Waals surface area contributed by atoms with Gasteiger partial charge in [0.1, 0.15) is 5.76 Å². The van der Waals surface area contributed by atoms with Gasteiger partial charge in [0.15, 0.2) is 5.78 Å². The van der Waals surface area contributed by atoms with E-state index >= 15 is 0 Å². The van der Waals surface area contributed by atoms with Crippen LogP contribution in [0.1, 0.15) is 150 Å². The number of aryl methyl sites for hydroxylation is 1. The summed E-state index contributed by atoms with van der Waals surface area (Å²) in [5, 5.41) is 13.8. The Labute approximate surface area is 367 Å². The van der Waals surface area contributed by atoms with Crippen LogP contribution in [0.5, 0.6) is 0 Å². The van der Waals surface area contributed by atoms with Crippen molar-refractivity contribution in [1.29, 1.82) is 0 Å². The molecule has 2 aromatic carbocycles. The smallest absolute Gasteiger partial charge is 0.164 e. The minimum atomic E-state index is -0.337. The predicted octanol–water partition coefficient (Wildman–Crippen LogP) is 15.1. The maximum absolute atomic E-state index is 12.2. The molecule has 313 valence electrons. The number of hydrogen-bond acceptors (Lipinski definition) is 5. The summed E-state index contributed by atoms with van der Waals surface area (Å²) in [6.07, 6.45) is 12.1. The van der Waals surface area contributed by atoms with E-state index < -0.39 is 0 Å². The maximum Gasteiger partial charge on any atom is 0.164 e. The van der Waals surface area contributed by atoms with Crippen LogP contribution in [-0.2, 0) is 42.2 Å². The van der Waals surface area contributed by atoms with Gasteiger partial charge in [-0.25, -0.2) is 0 Å². The molecule has 1 N–H and O–H groups in total. The van der Waals surface area contributed by atoms with Crippen LogP contribution < -0.4 is 0 Å². The van der Waals surface area contributed by atoms with Crippen molar-refractivity contribution in [3.05, 3.63) is 100 Å². The third-order valence-corrected chi connectivity index (χ3v) is 14.2. The molecule has 5 aromatic rings. The minimum Gasteiger partial charge on any atom is -0.512 e. The number of pyridine rings is 2. The average molecular weight is 976 g/mol. The van der Waals surface area contributed by atoms with Gasteiger partial charge in [0.05, 0.1) is 0 Å². The Hall–Kier alpha value is -3.44. The van der Waals surface area contributed by atoms with Crippen molar-refractivity contribution >= 4 is 43.6 Å². The summed E-state index contributed by atoms with van der Waals surface area (Å²) in [4.78, 5) is 23.5. The second-order valence-electron chi connectivity index (χ2n) is 19.0. The average Bonchev–Trinajstić information content (AvgIpc) is 3.61. The number of fused-ring (bicyclic) bond motifs is 3. The monoisotopic (exact) mass is 976 g/mol. The van der Waals surface area contributed by atoms with Crippen molar-refractivity contribution in [1.82, 2.24) is 9.97 Å². The summed E-state index contributed by atoms with van der Waals surface area (Å²) in [5.74, 6) is 0.938. The van der Waals surface area contributed by atoms with Gasteiger partial charge in [-0.15, -0.1) is 34.9 Å². The molecule has 58 heavy (non-hydrogen) atoms. The fourth-order valence-electron chi connectivity index (χ4n) is 8.03. The fourth-order valence-corrected chi connectivity index (χ4v) is 9.49. The molecule has 0 atom stereocenters. The Morgan fingerprint density at radius 1 is 0.914 bits per heavy atom. The molecule has 0 fully saturated rings. The van der Waals surface area contributed by atoms with Crippen molar-refractivity contribution in [2.75, 3.05) is 0 Å². The molecule has 1 aliphatic carbocycles. The number of rotatable bonds is 11. The van der Waals surface area contributed by atoms with Gasteiger partial charge in [-0.05, 0) is 97.2 Å². The molecule has 0 bridgehead atoms. The number of benzene rings is 2. The zero-order valence-corrected chi connectivity index (χ0v) is 41.1. The first kappa shape index (κ1) is 47.2. The fraction of sp³-hybridized carbons (Fsp3) is 0.481. The van der Waals surface area contributed by atoms with Crippen LogP contribution in [0.2, 0.25) is 0 Å². The third kappa shape index (κ3) is 9.46. The van der Waals surface area contributed by atoms with Gasteiger partial charge >= 0.3 is 0 Å².